The first-order valence-corrected chi connectivity index (χ1v) is 5.60. The molecule has 0 rings (SSSR count). The lowest BCUT2D eigenvalue weighted by molar-refractivity contribution is -0.148. The van der Waals surface area contributed by atoms with Crippen LogP contribution in [0, 0.1) is 5.92 Å². The average molecular weight is 246 g/mol. The second-order valence-electron chi connectivity index (χ2n) is 3.98. The number of carboxylic acids is 3. The molecule has 0 saturated carbocycles. The number of unbranched alkanes of at least 4 members (excludes halogenated alkanes) is 3. The third kappa shape index (κ3) is 9.35. The van der Waals surface area contributed by atoms with Crippen LogP contribution in [0.3, 0.4) is 0 Å². The molecule has 0 radical (unpaired) electrons. The van der Waals surface area contributed by atoms with Gasteiger partial charge in [0.05, 0.1) is 12.3 Å². The molecule has 0 aliphatic heterocycles. The maximum atomic E-state index is 10.7. The van der Waals surface area contributed by atoms with Gasteiger partial charge in [0.15, 0.2) is 0 Å². The van der Waals surface area contributed by atoms with E-state index in [2.05, 4.69) is 0 Å². The maximum Gasteiger partial charge on any atom is 0.307 e. The molecular weight excluding hydrogens is 228 g/mol. The van der Waals surface area contributed by atoms with Crippen LogP contribution in [0.1, 0.15) is 44.9 Å². The molecule has 6 nitrogen and oxygen atoms in total. The van der Waals surface area contributed by atoms with Crippen molar-refractivity contribution in [2.45, 2.75) is 44.9 Å². The van der Waals surface area contributed by atoms with Crippen molar-refractivity contribution in [2.75, 3.05) is 0 Å². The minimum absolute atomic E-state index is 0.123. The van der Waals surface area contributed by atoms with Gasteiger partial charge >= 0.3 is 17.9 Å². The summed E-state index contributed by atoms with van der Waals surface area (Å²) < 4.78 is 0. The van der Waals surface area contributed by atoms with Gasteiger partial charge in [0.25, 0.3) is 0 Å². The second kappa shape index (κ2) is 8.55. The molecule has 3 N–H and O–H groups in total. The van der Waals surface area contributed by atoms with Gasteiger partial charge in [-0.05, 0) is 12.8 Å². The Balaban J connectivity index is 3.65. The minimum Gasteiger partial charge on any atom is -0.481 e. The van der Waals surface area contributed by atoms with Crippen LogP contribution in [0.2, 0.25) is 0 Å². The van der Waals surface area contributed by atoms with Crippen molar-refractivity contribution in [3.8, 4) is 0 Å². The van der Waals surface area contributed by atoms with Crippen LogP contribution in [-0.2, 0) is 14.4 Å². The van der Waals surface area contributed by atoms with E-state index in [0.29, 0.717) is 19.3 Å². The summed E-state index contributed by atoms with van der Waals surface area (Å²) in [6, 6.07) is 0. The van der Waals surface area contributed by atoms with Crippen LogP contribution in [0.5, 0.6) is 0 Å². The van der Waals surface area contributed by atoms with E-state index in [9.17, 15) is 14.4 Å². The third-order valence-corrected chi connectivity index (χ3v) is 2.46. The molecule has 1 atom stereocenters. The molecule has 0 amide bonds. The number of hydrogen-bond donors (Lipinski definition) is 3. The summed E-state index contributed by atoms with van der Waals surface area (Å²) in [5, 5.41) is 25.6. The highest BCUT2D eigenvalue weighted by Crippen LogP contribution is 2.15. The second-order valence-corrected chi connectivity index (χ2v) is 3.98. The third-order valence-electron chi connectivity index (χ3n) is 2.46. The topological polar surface area (TPSA) is 112 Å². The van der Waals surface area contributed by atoms with Crippen LogP contribution in [0.25, 0.3) is 0 Å². The average Bonchev–Trinajstić information content (AvgIpc) is 2.20. The van der Waals surface area contributed by atoms with Gasteiger partial charge < -0.3 is 15.3 Å². The molecule has 98 valence electrons. The molecule has 0 heterocycles. The molecule has 0 aromatic rings. The molecule has 17 heavy (non-hydrogen) atoms. The van der Waals surface area contributed by atoms with Crippen molar-refractivity contribution in [1.29, 1.82) is 0 Å². The Morgan fingerprint density at radius 2 is 1.41 bits per heavy atom. The Kier molecular flexibility index (Phi) is 7.75. The predicted octanol–water partition coefficient (Wildman–Crippen LogP) is 1.59. The van der Waals surface area contributed by atoms with E-state index in [0.717, 1.165) is 12.8 Å². The number of hydrogen-bond acceptors (Lipinski definition) is 3. The zero-order valence-corrected chi connectivity index (χ0v) is 9.59. The summed E-state index contributed by atoms with van der Waals surface area (Å²) in [6.07, 6.45) is 2.74. The molecular formula is C11H18O6. The van der Waals surface area contributed by atoms with Crippen molar-refractivity contribution in [2.24, 2.45) is 5.92 Å². The van der Waals surface area contributed by atoms with E-state index in [-0.39, 0.29) is 12.8 Å². The molecule has 0 spiro atoms. The van der Waals surface area contributed by atoms with E-state index in [1.54, 1.807) is 0 Å². The molecule has 0 bridgehead atoms. The largest absolute Gasteiger partial charge is 0.481 e. The molecule has 0 aliphatic carbocycles. The fourth-order valence-corrected chi connectivity index (χ4v) is 1.54. The van der Waals surface area contributed by atoms with E-state index in [1.165, 1.54) is 0 Å². The molecule has 1 unspecified atom stereocenters. The van der Waals surface area contributed by atoms with Crippen LogP contribution in [-0.4, -0.2) is 33.2 Å². The Hall–Kier alpha value is -1.59. The molecule has 0 fully saturated rings. The summed E-state index contributed by atoms with van der Waals surface area (Å²) in [7, 11) is 0. The molecule has 6 heteroatoms. The summed E-state index contributed by atoms with van der Waals surface area (Å²) >= 11 is 0. The first kappa shape index (κ1) is 15.4. The van der Waals surface area contributed by atoms with Gasteiger partial charge in [-0.15, -0.1) is 0 Å². The van der Waals surface area contributed by atoms with Crippen molar-refractivity contribution in [3.63, 3.8) is 0 Å². The number of carbonyl (C=O) groups is 3. The zero-order chi connectivity index (χ0) is 13.3. The lowest BCUT2D eigenvalue weighted by atomic mass is 9.97. The van der Waals surface area contributed by atoms with Crippen molar-refractivity contribution >= 4 is 17.9 Å². The lowest BCUT2D eigenvalue weighted by Crippen LogP contribution is -2.17. The first-order valence-electron chi connectivity index (χ1n) is 5.60. The van der Waals surface area contributed by atoms with Crippen LogP contribution in [0.4, 0.5) is 0 Å². The highest BCUT2D eigenvalue weighted by molar-refractivity contribution is 5.77. The van der Waals surface area contributed by atoms with Gasteiger partial charge in [0.1, 0.15) is 0 Å². The summed E-state index contributed by atoms with van der Waals surface area (Å²) in [5.41, 5.74) is 0. The Morgan fingerprint density at radius 3 is 1.88 bits per heavy atom. The van der Waals surface area contributed by atoms with E-state index in [1.807, 2.05) is 0 Å². The van der Waals surface area contributed by atoms with Crippen LogP contribution >= 0.6 is 0 Å². The van der Waals surface area contributed by atoms with Gasteiger partial charge in [-0.2, -0.15) is 0 Å². The molecule has 0 aliphatic rings. The number of aliphatic carboxylic acids is 3. The highest BCUT2D eigenvalue weighted by Gasteiger charge is 2.20. The van der Waals surface area contributed by atoms with Crippen molar-refractivity contribution in [1.82, 2.24) is 0 Å². The normalized spacial score (nSPS) is 12.0. The van der Waals surface area contributed by atoms with Crippen LogP contribution < -0.4 is 0 Å². The SMILES string of the molecule is O=C(O)CCCCCCC(CC(=O)O)C(=O)O. The highest BCUT2D eigenvalue weighted by atomic mass is 16.4. The Labute approximate surface area is 99.3 Å². The monoisotopic (exact) mass is 246 g/mol. The van der Waals surface area contributed by atoms with Crippen molar-refractivity contribution in [3.05, 3.63) is 0 Å². The molecule has 0 aromatic carbocycles. The Morgan fingerprint density at radius 1 is 0.824 bits per heavy atom. The smallest absolute Gasteiger partial charge is 0.307 e. The minimum atomic E-state index is -1.11. The molecule has 0 saturated heterocycles. The summed E-state index contributed by atoms with van der Waals surface area (Å²) in [6.45, 7) is 0. The van der Waals surface area contributed by atoms with Crippen LogP contribution in [0.15, 0.2) is 0 Å². The number of carboxylic acid groups (broad SMARTS) is 3. The van der Waals surface area contributed by atoms with Gasteiger partial charge in [-0.1, -0.05) is 19.3 Å². The summed E-state index contributed by atoms with van der Waals surface area (Å²) in [4.78, 5) is 31.3. The molecule has 0 aromatic heterocycles. The van der Waals surface area contributed by atoms with Gasteiger partial charge in [0, 0.05) is 6.42 Å². The quantitative estimate of drug-likeness (QED) is 0.504. The number of rotatable bonds is 10. The van der Waals surface area contributed by atoms with E-state index < -0.39 is 23.8 Å². The standard InChI is InChI=1S/C11H18O6/c12-9(13)6-4-2-1-3-5-8(11(16)17)7-10(14)15/h8H,1-7H2,(H,12,13)(H,14,15)(H,16,17). The first-order chi connectivity index (χ1) is 7.93. The summed E-state index contributed by atoms with van der Waals surface area (Å²) in [5.74, 6) is -3.87. The van der Waals surface area contributed by atoms with Gasteiger partial charge in [-0.3, -0.25) is 14.4 Å². The lowest BCUT2D eigenvalue weighted by Gasteiger charge is -2.08. The van der Waals surface area contributed by atoms with Crippen molar-refractivity contribution < 1.29 is 29.7 Å². The van der Waals surface area contributed by atoms with Gasteiger partial charge in [-0.25, -0.2) is 0 Å². The van der Waals surface area contributed by atoms with Gasteiger partial charge in [0.2, 0.25) is 0 Å². The Bertz CT molecular complexity index is 273. The fourth-order valence-electron chi connectivity index (χ4n) is 1.54. The predicted molar refractivity (Wildman–Crippen MR) is 58.7 cm³/mol. The maximum absolute atomic E-state index is 10.7. The van der Waals surface area contributed by atoms with E-state index in [4.69, 9.17) is 15.3 Å². The zero-order valence-electron chi connectivity index (χ0n) is 9.59. The van der Waals surface area contributed by atoms with E-state index >= 15 is 0 Å². The fraction of sp³-hybridized carbons (Fsp3) is 0.727.